The van der Waals surface area contributed by atoms with Crippen LogP contribution < -0.4 is 4.90 Å². The van der Waals surface area contributed by atoms with Gasteiger partial charge in [0, 0.05) is 37.2 Å². The van der Waals surface area contributed by atoms with Gasteiger partial charge in [-0.05, 0) is 81.6 Å². The molecule has 0 amide bonds. The van der Waals surface area contributed by atoms with Crippen LogP contribution in [0.15, 0.2) is 164 Å². The van der Waals surface area contributed by atoms with Gasteiger partial charge in [-0.15, -0.1) is 11.3 Å². The van der Waals surface area contributed by atoms with E-state index in [1.54, 1.807) is 0 Å². The van der Waals surface area contributed by atoms with E-state index in [0.717, 1.165) is 17.1 Å². The lowest BCUT2D eigenvalue weighted by Crippen LogP contribution is -2.10. The molecule has 0 aliphatic heterocycles. The standard InChI is InChI=1S/C40H27NS/c1-3-12-28(13-4-1)30-15-9-19-33(26-30)41(32-17-5-2-6-18-32)34-20-10-16-31(27-34)35-22-11-14-29-24-25-38-40(39(29)35)36-21-7-8-23-37(36)42-38/h1-27H. The van der Waals surface area contributed by atoms with Crippen LogP contribution in [0.5, 0.6) is 0 Å². The molecule has 0 unspecified atom stereocenters. The highest BCUT2D eigenvalue weighted by atomic mass is 32.1. The van der Waals surface area contributed by atoms with Crippen LogP contribution in [0.2, 0.25) is 0 Å². The van der Waals surface area contributed by atoms with Crippen molar-refractivity contribution >= 4 is 59.3 Å². The Kier molecular flexibility index (Phi) is 6.05. The quantitative estimate of drug-likeness (QED) is 0.205. The summed E-state index contributed by atoms with van der Waals surface area (Å²) in [7, 11) is 0. The van der Waals surface area contributed by atoms with Crippen molar-refractivity contribution in [2.24, 2.45) is 0 Å². The van der Waals surface area contributed by atoms with Gasteiger partial charge in [0.25, 0.3) is 0 Å². The van der Waals surface area contributed by atoms with Gasteiger partial charge in [0.05, 0.1) is 0 Å². The minimum Gasteiger partial charge on any atom is -0.310 e. The number of hydrogen-bond donors (Lipinski definition) is 0. The van der Waals surface area contributed by atoms with Crippen molar-refractivity contribution in [2.75, 3.05) is 4.90 Å². The second-order valence-corrected chi connectivity index (χ2v) is 11.7. The molecule has 0 fully saturated rings. The first-order chi connectivity index (χ1) is 20.8. The summed E-state index contributed by atoms with van der Waals surface area (Å²) in [6, 6.07) is 59.1. The van der Waals surface area contributed by atoms with E-state index in [0.29, 0.717) is 0 Å². The zero-order valence-corrected chi connectivity index (χ0v) is 23.8. The Bertz CT molecular complexity index is 2200. The highest BCUT2D eigenvalue weighted by Gasteiger charge is 2.16. The Labute approximate surface area is 249 Å². The van der Waals surface area contributed by atoms with Gasteiger partial charge in [-0.2, -0.15) is 0 Å². The Balaban J connectivity index is 1.33. The summed E-state index contributed by atoms with van der Waals surface area (Å²) in [5, 5.41) is 5.27. The van der Waals surface area contributed by atoms with Crippen LogP contribution in [0.3, 0.4) is 0 Å². The van der Waals surface area contributed by atoms with Gasteiger partial charge in [0.2, 0.25) is 0 Å². The SMILES string of the molecule is c1ccc(-c2cccc(N(c3ccccc3)c3cccc(-c4cccc5ccc6sc7ccccc7c6c45)c3)c2)cc1. The number of thiophene rings is 1. The summed E-state index contributed by atoms with van der Waals surface area (Å²) in [6.07, 6.45) is 0. The number of hydrogen-bond acceptors (Lipinski definition) is 2. The Morgan fingerprint density at radius 3 is 1.81 bits per heavy atom. The lowest BCUT2D eigenvalue weighted by molar-refractivity contribution is 1.28. The molecule has 198 valence electrons. The summed E-state index contributed by atoms with van der Waals surface area (Å²) in [6.45, 7) is 0. The second-order valence-electron chi connectivity index (χ2n) is 10.6. The van der Waals surface area contributed by atoms with Crippen molar-refractivity contribution in [1.82, 2.24) is 0 Å². The molecule has 0 radical (unpaired) electrons. The molecule has 0 aliphatic rings. The molecule has 0 bridgehead atoms. The van der Waals surface area contributed by atoms with Crippen molar-refractivity contribution in [3.8, 4) is 22.3 Å². The fourth-order valence-electron chi connectivity index (χ4n) is 6.13. The fraction of sp³-hybridized carbons (Fsp3) is 0. The molecule has 8 aromatic rings. The van der Waals surface area contributed by atoms with E-state index in [1.807, 2.05) is 11.3 Å². The first kappa shape index (κ1) is 24.6. The van der Waals surface area contributed by atoms with Gasteiger partial charge in [-0.25, -0.2) is 0 Å². The van der Waals surface area contributed by atoms with Crippen molar-refractivity contribution in [3.05, 3.63) is 164 Å². The monoisotopic (exact) mass is 553 g/mol. The molecule has 0 saturated heterocycles. The summed E-state index contributed by atoms with van der Waals surface area (Å²) in [5.41, 5.74) is 8.27. The maximum Gasteiger partial charge on any atom is 0.0467 e. The number of nitrogens with zero attached hydrogens (tertiary/aromatic N) is 1. The smallest absolute Gasteiger partial charge is 0.0467 e. The molecule has 0 saturated carbocycles. The topological polar surface area (TPSA) is 3.24 Å². The zero-order chi connectivity index (χ0) is 27.9. The van der Waals surface area contributed by atoms with Crippen LogP contribution in [0.1, 0.15) is 0 Å². The van der Waals surface area contributed by atoms with E-state index in [4.69, 9.17) is 0 Å². The van der Waals surface area contributed by atoms with Crippen molar-refractivity contribution in [2.45, 2.75) is 0 Å². The highest BCUT2D eigenvalue weighted by molar-refractivity contribution is 7.26. The van der Waals surface area contributed by atoms with Crippen LogP contribution >= 0.6 is 11.3 Å². The Hall–Kier alpha value is -5.18. The van der Waals surface area contributed by atoms with Gasteiger partial charge in [-0.3, -0.25) is 0 Å². The third-order valence-corrected chi connectivity index (χ3v) is 9.16. The van der Waals surface area contributed by atoms with Gasteiger partial charge in [0.1, 0.15) is 0 Å². The Morgan fingerprint density at radius 1 is 0.381 bits per heavy atom. The normalized spacial score (nSPS) is 11.3. The number of para-hydroxylation sites is 1. The maximum absolute atomic E-state index is 2.36. The van der Waals surface area contributed by atoms with Crippen LogP contribution in [0.4, 0.5) is 17.1 Å². The summed E-state index contributed by atoms with van der Waals surface area (Å²) in [4.78, 5) is 2.36. The highest BCUT2D eigenvalue weighted by Crippen LogP contribution is 2.43. The zero-order valence-electron chi connectivity index (χ0n) is 22.9. The number of rotatable bonds is 5. The predicted molar refractivity (Wildman–Crippen MR) is 182 cm³/mol. The second kappa shape index (κ2) is 10.3. The van der Waals surface area contributed by atoms with Crippen LogP contribution in [0, 0.1) is 0 Å². The van der Waals surface area contributed by atoms with E-state index >= 15 is 0 Å². The maximum atomic E-state index is 2.36. The summed E-state index contributed by atoms with van der Waals surface area (Å²) < 4.78 is 2.66. The third kappa shape index (κ3) is 4.25. The van der Waals surface area contributed by atoms with Crippen LogP contribution in [-0.4, -0.2) is 0 Å². The number of anilines is 3. The average Bonchev–Trinajstić information content (AvgIpc) is 3.45. The first-order valence-electron chi connectivity index (χ1n) is 14.3. The lowest BCUT2D eigenvalue weighted by Gasteiger charge is -2.26. The van der Waals surface area contributed by atoms with E-state index < -0.39 is 0 Å². The average molecular weight is 554 g/mol. The molecular weight excluding hydrogens is 527 g/mol. The molecule has 1 aromatic heterocycles. The van der Waals surface area contributed by atoms with E-state index in [1.165, 1.54) is 53.2 Å². The van der Waals surface area contributed by atoms with E-state index in [9.17, 15) is 0 Å². The van der Waals surface area contributed by atoms with Crippen LogP contribution in [0.25, 0.3) is 53.2 Å². The van der Waals surface area contributed by atoms with E-state index in [-0.39, 0.29) is 0 Å². The van der Waals surface area contributed by atoms with Gasteiger partial charge >= 0.3 is 0 Å². The summed E-state index contributed by atoms with van der Waals surface area (Å²) >= 11 is 1.87. The minimum atomic E-state index is 1.13. The van der Waals surface area contributed by atoms with Crippen molar-refractivity contribution < 1.29 is 0 Å². The third-order valence-electron chi connectivity index (χ3n) is 8.02. The molecule has 1 nitrogen and oxygen atoms in total. The van der Waals surface area contributed by atoms with Gasteiger partial charge in [0.15, 0.2) is 0 Å². The largest absolute Gasteiger partial charge is 0.310 e. The number of fused-ring (bicyclic) bond motifs is 5. The lowest BCUT2D eigenvalue weighted by atomic mass is 9.94. The molecule has 0 atom stereocenters. The van der Waals surface area contributed by atoms with Crippen LogP contribution in [-0.2, 0) is 0 Å². The molecule has 0 aliphatic carbocycles. The first-order valence-corrected chi connectivity index (χ1v) is 15.1. The van der Waals surface area contributed by atoms with Gasteiger partial charge < -0.3 is 4.90 Å². The molecule has 0 N–H and O–H groups in total. The summed E-state index contributed by atoms with van der Waals surface area (Å²) in [5.74, 6) is 0. The molecule has 2 heteroatoms. The molecule has 1 heterocycles. The molecule has 7 aromatic carbocycles. The molecule has 42 heavy (non-hydrogen) atoms. The predicted octanol–water partition coefficient (Wildman–Crippen LogP) is 12.0. The number of benzene rings is 7. The molecule has 8 rings (SSSR count). The van der Waals surface area contributed by atoms with Crippen molar-refractivity contribution in [3.63, 3.8) is 0 Å². The van der Waals surface area contributed by atoms with Gasteiger partial charge in [-0.1, -0.05) is 115 Å². The molecule has 0 spiro atoms. The molecular formula is C40H27NS. The van der Waals surface area contributed by atoms with E-state index in [2.05, 4.69) is 169 Å². The Morgan fingerprint density at radius 2 is 1.00 bits per heavy atom. The fourth-order valence-corrected chi connectivity index (χ4v) is 7.24. The minimum absolute atomic E-state index is 1.13. The van der Waals surface area contributed by atoms with Crippen molar-refractivity contribution in [1.29, 1.82) is 0 Å².